The van der Waals surface area contributed by atoms with E-state index in [0.29, 0.717) is 10.4 Å². The quantitative estimate of drug-likeness (QED) is 0.912. The minimum Gasteiger partial charge on any atom is -0.347 e. The lowest BCUT2D eigenvalue weighted by atomic mass is 10.2. The predicted molar refractivity (Wildman–Crippen MR) is 69.5 cm³/mol. The second kappa shape index (κ2) is 5.58. The zero-order valence-electron chi connectivity index (χ0n) is 9.04. The number of hydrogen-bond acceptors (Lipinski definition) is 2. The Morgan fingerprint density at radius 3 is 2.67 bits per heavy atom. The van der Waals surface area contributed by atoms with Crippen LogP contribution >= 0.6 is 27.3 Å². The molecule has 1 heterocycles. The number of amides is 1. The first-order valence-corrected chi connectivity index (χ1v) is 6.70. The molecule has 1 aromatic carbocycles. The van der Waals surface area contributed by atoms with Crippen LogP contribution in [0, 0.1) is 11.6 Å². The van der Waals surface area contributed by atoms with Crippen molar-refractivity contribution in [2.45, 2.75) is 6.54 Å². The summed E-state index contributed by atoms with van der Waals surface area (Å²) in [6, 6.07) is 5.32. The van der Waals surface area contributed by atoms with Gasteiger partial charge in [0, 0.05) is 11.0 Å². The van der Waals surface area contributed by atoms with Crippen LogP contribution in [0.5, 0.6) is 0 Å². The Labute approximate surface area is 115 Å². The summed E-state index contributed by atoms with van der Waals surface area (Å²) in [5, 5.41) is 4.43. The van der Waals surface area contributed by atoms with Crippen LogP contribution in [-0.4, -0.2) is 5.91 Å². The number of rotatable bonds is 3. The molecular formula is C12H8BrF2NOS. The fourth-order valence-electron chi connectivity index (χ4n) is 1.37. The van der Waals surface area contributed by atoms with E-state index in [9.17, 15) is 13.6 Å². The molecule has 0 aliphatic rings. The summed E-state index contributed by atoms with van der Waals surface area (Å²) < 4.78 is 26.4. The van der Waals surface area contributed by atoms with Crippen molar-refractivity contribution in [1.29, 1.82) is 0 Å². The van der Waals surface area contributed by atoms with Gasteiger partial charge in [0.15, 0.2) is 11.6 Å². The Morgan fingerprint density at radius 1 is 1.28 bits per heavy atom. The van der Waals surface area contributed by atoms with Crippen molar-refractivity contribution >= 4 is 33.2 Å². The predicted octanol–water partition coefficient (Wildman–Crippen LogP) is 3.72. The first kappa shape index (κ1) is 13.2. The third kappa shape index (κ3) is 2.94. The van der Waals surface area contributed by atoms with Crippen LogP contribution in [0.15, 0.2) is 34.1 Å². The number of thiophene rings is 1. The average Bonchev–Trinajstić information content (AvgIpc) is 2.77. The molecule has 0 atom stereocenters. The largest absolute Gasteiger partial charge is 0.347 e. The van der Waals surface area contributed by atoms with Gasteiger partial charge in [-0.2, -0.15) is 0 Å². The first-order chi connectivity index (χ1) is 8.58. The van der Waals surface area contributed by atoms with Gasteiger partial charge in [-0.3, -0.25) is 4.79 Å². The maximum Gasteiger partial charge on any atom is 0.262 e. The molecule has 1 aromatic heterocycles. The van der Waals surface area contributed by atoms with Crippen molar-refractivity contribution in [3.8, 4) is 0 Å². The molecule has 0 bridgehead atoms. The first-order valence-electron chi connectivity index (χ1n) is 5.03. The molecule has 0 aliphatic heterocycles. The molecule has 0 spiro atoms. The topological polar surface area (TPSA) is 29.1 Å². The third-order valence-corrected chi connectivity index (χ3v) is 4.10. The second-order valence-electron chi connectivity index (χ2n) is 3.53. The van der Waals surface area contributed by atoms with E-state index < -0.39 is 11.6 Å². The van der Waals surface area contributed by atoms with Crippen molar-refractivity contribution in [1.82, 2.24) is 5.32 Å². The van der Waals surface area contributed by atoms with Crippen LogP contribution in [-0.2, 0) is 6.54 Å². The number of nitrogens with one attached hydrogen (secondary N) is 1. The van der Waals surface area contributed by atoms with Crippen LogP contribution in [0.25, 0.3) is 0 Å². The van der Waals surface area contributed by atoms with E-state index in [4.69, 9.17) is 0 Å². The SMILES string of the molecule is O=C(NCc1ccc(F)c(F)c1)c1sccc1Br. The van der Waals surface area contributed by atoms with Gasteiger partial charge in [-0.25, -0.2) is 8.78 Å². The average molecular weight is 332 g/mol. The number of hydrogen-bond donors (Lipinski definition) is 1. The van der Waals surface area contributed by atoms with Crippen LogP contribution in [0.3, 0.4) is 0 Å². The Kier molecular flexibility index (Phi) is 4.08. The van der Waals surface area contributed by atoms with Crippen molar-refractivity contribution < 1.29 is 13.6 Å². The van der Waals surface area contributed by atoms with Crippen LogP contribution in [0.4, 0.5) is 8.78 Å². The Balaban J connectivity index is 2.02. The fraction of sp³-hybridized carbons (Fsp3) is 0.0833. The summed E-state index contributed by atoms with van der Waals surface area (Å²) >= 11 is 4.56. The number of carbonyl (C=O) groups is 1. The Morgan fingerprint density at radius 2 is 2.06 bits per heavy atom. The van der Waals surface area contributed by atoms with Crippen LogP contribution in [0.2, 0.25) is 0 Å². The molecule has 1 N–H and O–H groups in total. The summed E-state index contributed by atoms with van der Waals surface area (Å²) in [7, 11) is 0. The highest BCUT2D eigenvalue weighted by Crippen LogP contribution is 2.22. The molecule has 0 radical (unpaired) electrons. The Bertz CT molecular complexity index is 585. The van der Waals surface area contributed by atoms with E-state index in [1.807, 2.05) is 0 Å². The zero-order valence-corrected chi connectivity index (χ0v) is 11.4. The van der Waals surface area contributed by atoms with E-state index in [2.05, 4.69) is 21.2 Å². The van der Waals surface area contributed by atoms with Gasteiger partial charge < -0.3 is 5.32 Å². The van der Waals surface area contributed by atoms with Crippen molar-refractivity contribution in [2.24, 2.45) is 0 Å². The van der Waals surface area contributed by atoms with Crippen LogP contribution < -0.4 is 5.32 Å². The van der Waals surface area contributed by atoms with Gasteiger partial charge >= 0.3 is 0 Å². The Hall–Kier alpha value is -1.27. The van der Waals surface area contributed by atoms with Gasteiger partial charge in [0.05, 0.1) is 0 Å². The van der Waals surface area contributed by atoms with E-state index in [1.165, 1.54) is 17.4 Å². The van der Waals surface area contributed by atoms with E-state index in [-0.39, 0.29) is 12.5 Å². The van der Waals surface area contributed by atoms with E-state index >= 15 is 0 Å². The summed E-state index contributed by atoms with van der Waals surface area (Å²) in [5.41, 5.74) is 0.509. The maximum atomic E-state index is 12.9. The van der Waals surface area contributed by atoms with Gasteiger partial charge in [-0.05, 0) is 45.1 Å². The second-order valence-corrected chi connectivity index (χ2v) is 5.30. The summed E-state index contributed by atoms with van der Waals surface area (Å²) in [4.78, 5) is 12.3. The fourth-order valence-corrected chi connectivity index (χ4v) is 2.84. The summed E-state index contributed by atoms with van der Waals surface area (Å²) in [6.07, 6.45) is 0. The van der Waals surface area contributed by atoms with E-state index in [1.54, 1.807) is 11.4 Å². The highest BCUT2D eigenvalue weighted by atomic mass is 79.9. The van der Waals surface area contributed by atoms with Crippen LogP contribution in [0.1, 0.15) is 15.2 Å². The molecule has 1 amide bonds. The summed E-state index contributed by atoms with van der Waals surface area (Å²) in [5.74, 6) is -2.06. The third-order valence-electron chi connectivity index (χ3n) is 2.26. The summed E-state index contributed by atoms with van der Waals surface area (Å²) in [6.45, 7) is 0.153. The van der Waals surface area contributed by atoms with Gasteiger partial charge in [0.2, 0.25) is 0 Å². The normalized spacial score (nSPS) is 10.4. The monoisotopic (exact) mass is 331 g/mol. The molecule has 0 saturated heterocycles. The molecule has 0 saturated carbocycles. The lowest BCUT2D eigenvalue weighted by Gasteiger charge is -2.05. The molecule has 18 heavy (non-hydrogen) atoms. The molecule has 6 heteroatoms. The number of benzene rings is 1. The van der Waals surface area contributed by atoms with Gasteiger partial charge in [0.25, 0.3) is 5.91 Å². The van der Waals surface area contributed by atoms with E-state index in [0.717, 1.165) is 16.6 Å². The van der Waals surface area contributed by atoms with Gasteiger partial charge in [-0.15, -0.1) is 11.3 Å². The minimum absolute atomic E-state index is 0.153. The smallest absolute Gasteiger partial charge is 0.262 e. The molecule has 0 aliphatic carbocycles. The maximum absolute atomic E-state index is 12.9. The molecular weight excluding hydrogens is 324 g/mol. The number of halogens is 3. The van der Waals surface area contributed by atoms with Gasteiger partial charge in [-0.1, -0.05) is 6.07 Å². The van der Waals surface area contributed by atoms with Crippen molar-refractivity contribution in [3.05, 3.63) is 56.2 Å². The van der Waals surface area contributed by atoms with Gasteiger partial charge in [0.1, 0.15) is 4.88 Å². The lowest BCUT2D eigenvalue weighted by molar-refractivity contribution is 0.0954. The molecule has 0 unspecified atom stereocenters. The van der Waals surface area contributed by atoms with Crippen molar-refractivity contribution in [3.63, 3.8) is 0 Å². The lowest BCUT2D eigenvalue weighted by Crippen LogP contribution is -2.22. The highest BCUT2D eigenvalue weighted by Gasteiger charge is 2.11. The standard InChI is InChI=1S/C12H8BrF2NOS/c13-8-3-4-18-11(8)12(17)16-6-7-1-2-9(14)10(15)5-7/h1-5H,6H2,(H,16,17). The zero-order chi connectivity index (χ0) is 13.1. The van der Waals surface area contributed by atoms with Crippen molar-refractivity contribution in [2.75, 3.05) is 0 Å². The molecule has 0 fully saturated rings. The molecule has 94 valence electrons. The molecule has 2 rings (SSSR count). The number of carbonyl (C=O) groups excluding carboxylic acids is 1. The minimum atomic E-state index is -0.918. The molecule has 2 aromatic rings. The molecule has 2 nitrogen and oxygen atoms in total. The highest BCUT2D eigenvalue weighted by molar-refractivity contribution is 9.10.